The Labute approximate surface area is 218 Å². The second-order valence-electron chi connectivity index (χ2n) is 10.3. The van der Waals surface area contributed by atoms with E-state index < -0.39 is 12.3 Å². The molecular weight excluding hydrogens is 506 g/mol. The van der Waals surface area contributed by atoms with Crippen LogP contribution >= 0.6 is 22.9 Å². The van der Waals surface area contributed by atoms with E-state index in [9.17, 15) is 13.6 Å². The molecule has 4 heterocycles. The normalized spacial score (nSPS) is 22.2. The smallest absolute Gasteiger partial charge is 0.243 e. The van der Waals surface area contributed by atoms with E-state index in [-0.39, 0.29) is 30.6 Å². The lowest BCUT2D eigenvalue weighted by Gasteiger charge is -2.37. The van der Waals surface area contributed by atoms with Crippen LogP contribution in [0.2, 0.25) is 5.02 Å². The van der Waals surface area contributed by atoms with Gasteiger partial charge in [0.05, 0.1) is 34.2 Å². The lowest BCUT2D eigenvalue weighted by Crippen LogP contribution is -2.51. The Morgan fingerprint density at radius 2 is 2.11 bits per heavy atom. The standard InChI is InChI=1S/C26H29ClF2N4O2S/c1-14-4-16(27)6-20(19(14)7-17-9-30-12-26(2,3)35-17)23-24-21(31-13-32-23)8-18(36-24)11-33-10-15(25(28)29)5-22(33)34/h4,6,8,13,15,17,25,30H,5,7,9-12H2,1-3H3/t15?,17-/m1/s1. The Morgan fingerprint density at radius 1 is 1.31 bits per heavy atom. The van der Waals surface area contributed by atoms with Crippen LogP contribution in [0.1, 0.15) is 36.3 Å². The zero-order valence-electron chi connectivity index (χ0n) is 20.5. The van der Waals surface area contributed by atoms with E-state index in [1.54, 1.807) is 0 Å². The van der Waals surface area contributed by atoms with Crippen LogP contribution in [-0.4, -0.2) is 58.5 Å². The molecule has 0 bridgehead atoms. The molecule has 1 aromatic carbocycles. The number of likely N-dealkylation sites (tertiary alicyclic amines) is 1. The summed E-state index contributed by atoms with van der Waals surface area (Å²) in [5.41, 5.74) is 4.41. The first-order valence-electron chi connectivity index (χ1n) is 12.1. The van der Waals surface area contributed by atoms with Crippen molar-refractivity contribution in [1.82, 2.24) is 20.2 Å². The molecule has 3 aromatic rings. The molecule has 5 rings (SSSR count). The summed E-state index contributed by atoms with van der Waals surface area (Å²) in [6.45, 7) is 8.14. The molecule has 192 valence electrons. The van der Waals surface area contributed by atoms with Gasteiger partial charge in [0.1, 0.15) is 6.33 Å². The SMILES string of the molecule is Cc1cc(Cl)cc(-c2ncnc3cc(CN4CC(C(F)F)CC4=O)sc23)c1C[C@@H]1CNCC(C)(C)O1. The molecule has 2 aliphatic rings. The first kappa shape index (κ1) is 25.4. The predicted octanol–water partition coefficient (Wildman–Crippen LogP) is 5.24. The van der Waals surface area contributed by atoms with Gasteiger partial charge in [-0.1, -0.05) is 11.6 Å². The van der Waals surface area contributed by atoms with Crippen LogP contribution in [0, 0.1) is 12.8 Å². The first-order valence-corrected chi connectivity index (χ1v) is 13.3. The van der Waals surface area contributed by atoms with Crippen LogP contribution in [0.4, 0.5) is 8.78 Å². The first-order chi connectivity index (χ1) is 17.1. The van der Waals surface area contributed by atoms with Crippen LogP contribution in [0.3, 0.4) is 0 Å². The van der Waals surface area contributed by atoms with E-state index in [2.05, 4.69) is 29.1 Å². The fourth-order valence-electron chi connectivity index (χ4n) is 5.15. The second-order valence-corrected chi connectivity index (χ2v) is 11.9. The van der Waals surface area contributed by atoms with E-state index in [0.29, 0.717) is 18.0 Å². The lowest BCUT2D eigenvalue weighted by molar-refractivity contribution is -0.128. The van der Waals surface area contributed by atoms with E-state index in [1.165, 1.54) is 22.6 Å². The average molecular weight is 535 g/mol. The Hall–Kier alpha value is -2.20. The number of alkyl halides is 2. The molecule has 0 aliphatic carbocycles. The summed E-state index contributed by atoms with van der Waals surface area (Å²) >= 11 is 7.99. The number of nitrogens with one attached hydrogen (secondary N) is 1. The van der Waals surface area contributed by atoms with Crippen molar-refractivity contribution >= 4 is 39.1 Å². The van der Waals surface area contributed by atoms with Gasteiger partial charge in [0.15, 0.2) is 0 Å². The molecule has 10 heteroatoms. The van der Waals surface area contributed by atoms with E-state index in [4.69, 9.17) is 16.3 Å². The molecule has 6 nitrogen and oxygen atoms in total. The summed E-state index contributed by atoms with van der Waals surface area (Å²) in [4.78, 5) is 23.8. The molecule has 0 radical (unpaired) electrons. The van der Waals surface area contributed by atoms with Gasteiger partial charge < -0.3 is 15.0 Å². The fraction of sp³-hybridized carbons (Fsp3) is 0.500. The topological polar surface area (TPSA) is 67.4 Å². The van der Waals surface area contributed by atoms with Gasteiger partial charge in [0.2, 0.25) is 12.3 Å². The Balaban J connectivity index is 1.48. The van der Waals surface area contributed by atoms with Crippen molar-refractivity contribution in [1.29, 1.82) is 0 Å². The number of morpholine rings is 1. The zero-order valence-corrected chi connectivity index (χ0v) is 22.1. The fourth-order valence-corrected chi connectivity index (χ4v) is 6.55. The third-order valence-electron chi connectivity index (χ3n) is 6.84. The number of halogens is 3. The number of rotatable bonds is 6. The number of benzene rings is 1. The minimum Gasteiger partial charge on any atom is -0.369 e. The van der Waals surface area contributed by atoms with Gasteiger partial charge in [-0.3, -0.25) is 4.79 Å². The van der Waals surface area contributed by atoms with Gasteiger partial charge in [0, 0.05) is 53.9 Å². The van der Waals surface area contributed by atoms with Crippen molar-refractivity contribution < 1.29 is 18.3 Å². The summed E-state index contributed by atoms with van der Waals surface area (Å²) in [7, 11) is 0. The number of hydrogen-bond acceptors (Lipinski definition) is 6. The number of aromatic nitrogens is 2. The summed E-state index contributed by atoms with van der Waals surface area (Å²) in [5.74, 6) is -1.14. The molecule has 0 saturated carbocycles. The number of aryl methyl sites for hydroxylation is 1. The van der Waals surface area contributed by atoms with Gasteiger partial charge in [-0.15, -0.1) is 11.3 Å². The summed E-state index contributed by atoms with van der Waals surface area (Å²) in [5, 5.41) is 4.09. The third-order valence-corrected chi connectivity index (χ3v) is 8.18. The van der Waals surface area contributed by atoms with E-state index >= 15 is 0 Å². The van der Waals surface area contributed by atoms with Crippen LogP contribution in [0.25, 0.3) is 21.5 Å². The third kappa shape index (κ3) is 5.25. The van der Waals surface area contributed by atoms with Gasteiger partial charge in [-0.2, -0.15) is 0 Å². The number of carbonyl (C=O) groups excluding carboxylic acids is 1. The number of nitrogens with zero attached hydrogens (tertiary/aromatic N) is 3. The molecule has 2 saturated heterocycles. The molecule has 1 unspecified atom stereocenters. The largest absolute Gasteiger partial charge is 0.369 e. The predicted molar refractivity (Wildman–Crippen MR) is 138 cm³/mol. The molecule has 1 N–H and O–H groups in total. The maximum absolute atomic E-state index is 13.1. The van der Waals surface area contributed by atoms with Gasteiger partial charge in [-0.25, -0.2) is 18.7 Å². The van der Waals surface area contributed by atoms with Gasteiger partial charge in [-0.05, 0) is 50.1 Å². The quantitative estimate of drug-likeness (QED) is 0.468. The molecule has 0 spiro atoms. The maximum atomic E-state index is 13.1. The zero-order chi connectivity index (χ0) is 25.6. The molecular formula is C26H29ClF2N4O2S. The molecule has 2 fully saturated rings. The lowest BCUT2D eigenvalue weighted by atomic mass is 9.93. The summed E-state index contributed by atoms with van der Waals surface area (Å²) < 4.78 is 33.5. The van der Waals surface area contributed by atoms with Crippen LogP contribution in [0.5, 0.6) is 0 Å². The maximum Gasteiger partial charge on any atom is 0.243 e. The highest BCUT2D eigenvalue weighted by molar-refractivity contribution is 7.19. The number of amides is 1. The summed E-state index contributed by atoms with van der Waals surface area (Å²) in [6.07, 6.45) is -0.349. The molecule has 2 aliphatic heterocycles. The van der Waals surface area contributed by atoms with Crippen LogP contribution in [-0.2, 0) is 22.5 Å². The minimum absolute atomic E-state index is 0.00700. The van der Waals surface area contributed by atoms with Crippen molar-refractivity contribution in [2.75, 3.05) is 19.6 Å². The Bertz CT molecular complexity index is 1300. The van der Waals surface area contributed by atoms with E-state index in [0.717, 1.165) is 50.6 Å². The van der Waals surface area contributed by atoms with Crippen molar-refractivity contribution in [3.8, 4) is 11.3 Å². The van der Waals surface area contributed by atoms with Gasteiger partial charge >= 0.3 is 0 Å². The number of ether oxygens (including phenoxy) is 1. The number of carbonyl (C=O) groups is 1. The molecule has 2 aromatic heterocycles. The van der Waals surface area contributed by atoms with E-state index in [1.807, 2.05) is 25.1 Å². The number of fused-ring (bicyclic) bond motifs is 1. The van der Waals surface area contributed by atoms with Crippen LogP contribution < -0.4 is 5.32 Å². The van der Waals surface area contributed by atoms with Crippen LogP contribution in [0.15, 0.2) is 24.5 Å². The highest BCUT2D eigenvalue weighted by Crippen LogP contribution is 2.38. The second kappa shape index (κ2) is 9.93. The number of hydrogen-bond donors (Lipinski definition) is 1. The molecule has 36 heavy (non-hydrogen) atoms. The van der Waals surface area contributed by atoms with Crippen molar-refractivity contribution in [3.05, 3.63) is 45.6 Å². The van der Waals surface area contributed by atoms with Crippen molar-refractivity contribution in [2.45, 2.75) is 58.3 Å². The molecule has 1 amide bonds. The number of thiophene rings is 1. The average Bonchev–Trinajstić information content (AvgIpc) is 3.38. The highest BCUT2D eigenvalue weighted by Gasteiger charge is 2.35. The molecule has 2 atom stereocenters. The monoisotopic (exact) mass is 534 g/mol. The highest BCUT2D eigenvalue weighted by atomic mass is 35.5. The summed E-state index contributed by atoms with van der Waals surface area (Å²) in [6, 6.07) is 5.81. The van der Waals surface area contributed by atoms with Gasteiger partial charge in [0.25, 0.3) is 0 Å². The van der Waals surface area contributed by atoms with Crippen molar-refractivity contribution in [2.24, 2.45) is 5.92 Å². The van der Waals surface area contributed by atoms with Crippen molar-refractivity contribution in [3.63, 3.8) is 0 Å². The minimum atomic E-state index is -2.49. The Kier molecular flexibility index (Phi) is 7.02. The Morgan fingerprint density at radius 3 is 2.83 bits per heavy atom.